The molecule has 74 valence electrons. The van der Waals surface area contributed by atoms with Crippen molar-refractivity contribution in [2.24, 2.45) is 5.92 Å². The first-order chi connectivity index (χ1) is 6.66. The van der Waals surface area contributed by atoms with E-state index in [9.17, 15) is 4.79 Å². The molecule has 4 nitrogen and oxygen atoms in total. The van der Waals surface area contributed by atoms with Crippen LogP contribution in [-0.4, -0.2) is 21.0 Å². The summed E-state index contributed by atoms with van der Waals surface area (Å²) < 4.78 is 0. The minimum Gasteiger partial charge on any atom is -0.475 e. The highest BCUT2D eigenvalue weighted by atomic mass is 16.4. The Bertz CT molecular complexity index is 376. The molecule has 0 aliphatic heterocycles. The summed E-state index contributed by atoms with van der Waals surface area (Å²) in [6.45, 7) is 2.19. The molecule has 0 saturated carbocycles. The molecule has 1 aliphatic rings. The van der Waals surface area contributed by atoms with E-state index < -0.39 is 5.97 Å². The van der Waals surface area contributed by atoms with Crippen molar-refractivity contribution in [1.82, 2.24) is 9.97 Å². The van der Waals surface area contributed by atoms with Crippen molar-refractivity contribution in [3.8, 4) is 0 Å². The fraction of sp³-hybridized carbons (Fsp3) is 0.500. The molecular weight excluding hydrogens is 180 g/mol. The van der Waals surface area contributed by atoms with Crippen molar-refractivity contribution in [2.45, 2.75) is 26.2 Å². The van der Waals surface area contributed by atoms with Gasteiger partial charge in [0.05, 0.1) is 0 Å². The third kappa shape index (κ3) is 1.60. The van der Waals surface area contributed by atoms with Crippen LogP contribution in [0.5, 0.6) is 0 Å². The maximum Gasteiger partial charge on any atom is 0.373 e. The van der Waals surface area contributed by atoms with Crippen LogP contribution < -0.4 is 0 Å². The summed E-state index contributed by atoms with van der Waals surface area (Å²) in [4.78, 5) is 18.5. The number of carboxylic acid groups (broad SMARTS) is 1. The first-order valence-electron chi connectivity index (χ1n) is 4.75. The summed E-state index contributed by atoms with van der Waals surface area (Å²) in [5.74, 6) is -0.480. The smallest absolute Gasteiger partial charge is 0.373 e. The Morgan fingerprint density at radius 2 is 2.43 bits per heavy atom. The second-order valence-electron chi connectivity index (χ2n) is 3.82. The third-order valence-corrected chi connectivity index (χ3v) is 2.59. The highest BCUT2D eigenvalue weighted by molar-refractivity contribution is 5.83. The number of carbonyl (C=O) groups is 1. The third-order valence-electron chi connectivity index (χ3n) is 2.59. The summed E-state index contributed by atoms with van der Waals surface area (Å²) in [6.07, 6.45) is 4.58. The minimum absolute atomic E-state index is 0.0849. The lowest BCUT2D eigenvalue weighted by molar-refractivity contribution is 0.0683. The lowest BCUT2D eigenvalue weighted by Gasteiger charge is -2.19. The molecule has 1 heterocycles. The van der Waals surface area contributed by atoms with E-state index in [0.29, 0.717) is 5.92 Å². The van der Waals surface area contributed by atoms with Crippen LogP contribution in [0, 0.1) is 5.92 Å². The molecule has 1 N–H and O–H groups in total. The first kappa shape index (κ1) is 9.12. The van der Waals surface area contributed by atoms with Crippen molar-refractivity contribution < 1.29 is 9.90 Å². The van der Waals surface area contributed by atoms with Gasteiger partial charge in [0.25, 0.3) is 0 Å². The molecule has 0 radical (unpaired) electrons. The zero-order valence-electron chi connectivity index (χ0n) is 8.03. The van der Waals surface area contributed by atoms with E-state index in [1.165, 1.54) is 0 Å². The predicted octanol–water partition coefficient (Wildman–Crippen LogP) is 1.30. The number of aromatic carboxylic acids is 1. The van der Waals surface area contributed by atoms with Crippen molar-refractivity contribution >= 4 is 5.97 Å². The molecule has 14 heavy (non-hydrogen) atoms. The average molecular weight is 192 g/mol. The Hall–Kier alpha value is -1.45. The van der Waals surface area contributed by atoms with E-state index in [1.807, 2.05) is 0 Å². The number of aromatic nitrogens is 2. The van der Waals surface area contributed by atoms with Crippen LogP contribution in [-0.2, 0) is 12.8 Å². The van der Waals surface area contributed by atoms with E-state index >= 15 is 0 Å². The molecule has 4 heteroatoms. The van der Waals surface area contributed by atoms with Crippen molar-refractivity contribution in [2.75, 3.05) is 0 Å². The van der Waals surface area contributed by atoms with Gasteiger partial charge >= 0.3 is 5.97 Å². The largest absolute Gasteiger partial charge is 0.475 e. The topological polar surface area (TPSA) is 63.1 Å². The summed E-state index contributed by atoms with van der Waals surface area (Å²) >= 11 is 0. The van der Waals surface area contributed by atoms with Gasteiger partial charge in [0.2, 0.25) is 5.82 Å². The number of hydrogen-bond donors (Lipinski definition) is 1. The number of hydrogen-bond acceptors (Lipinski definition) is 3. The molecule has 0 aromatic carbocycles. The zero-order chi connectivity index (χ0) is 10.1. The molecular formula is C10H12N2O2. The van der Waals surface area contributed by atoms with E-state index in [-0.39, 0.29) is 5.82 Å². The van der Waals surface area contributed by atoms with Gasteiger partial charge in [0.1, 0.15) is 0 Å². The van der Waals surface area contributed by atoms with Crippen LogP contribution in [0.3, 0.4) is 0 Å². The highest BCUT2D eigenvalue weighted by Gasteiger charge is 2.18. The Morgan fingerprint density at radius 1 is 1.64 bits per heavy atom. The summed E-state index contributed by atoms with van der Waals surface area (Å²) in [7, 11) is 0. The molecule has 1 aromatic rings. The maximum absolute atomic E-state index is 10.6. The van der Waals surface area contributed by atoms with Gasteiger partial charge in [0, 0.05) is 11.9 Å². The summed E-state index contributed by atoms with van der Waals surface area (Å²) in [6, 6.07) is 0. The van der Waals surface area contributed by atoms with Crippen LogP contribution in [0.25, 0.3) is 0 Å². The quantitative estimate of drug-likeness (QED) is 0.728. The summed E-state index contributed by atoms with van der Waals surface area (Å²) in [5.41, 5.74) is 2.02. The number of rotatable bonds is 1. The Balaban J connectivity index is 2.36. The zero-order valence-corrected chi connectivity index (χ0v) is 8.03. The molecule has 0 saturated heterocycles. The van der Waals surface area contributed by atoms with Crippen LogP contribution in [0.15, 0.2) is 6.20 Å². The van der Waals surface area contributed by atoms with Crippen molar-refractivity contribution in [3.05, 3.63) is 23.3 Å². The monoisotopic (exact) mass is 192 g/mol. The second kappa shape index (κ2) is 3.36. The lowest BCUT2D eigenvalue weighted by Crippen LogP contribution is -2.16. The van der Waals surface area contributed by atoms with Gasteiger partial charge in [-0.25, -0.2) is 14.8 Å². The van der Waals surface area contributed by atoms with Gasteiger partial charge in [-0.1, -0.05) is 6.92 Å². The molecule has 1 aliphatic carbocycles. The number of fused-ring (bicyclic) bond motifs is 1. The Kier molecular flexibility index (Phi) is 2.19. The molecule has 0 amide bonds. The Labute approximate surface area is 82.0 Å². The van der Waals surface area contributed by atoms with E-state index in [0.717, 1.165) is 30.5 Å². The van der Waals surface area contributed by atoms with E-state index in [2.05, 4.69) is 16.9 Å². The SMILES string of the molecule is CC1CCc2nc(C(=O)O)ncc2C1. The summed E-state index contributed by atoms with van der Waals surface area (Å²) in [5, 5.41) is 8.71. The van der Waals surface area contributed by atoms with E-state index in [4.69, 9.17) is 5.11 Å². The normalized spacial score (nSPS) is 20.2. The van der Waals surface area contributed by atoms with Gasteiger partial charge in [-0.2, -0.15) is 0 Å². The van der Waals surface area contributed by atoms with Crippen LogP contribution >= 0.6 is 0 Å². The van der Waals surface area contributed by atoms with Gasteiger partial charge in [-0.15, -0.1) is 0 Å². The van der Waals surface area contributed by atoms with Gasteiger partial charge in [-0.3, -0.25) is 0 Å². The lowest BCUT2D eigenvalue weighted by atomic mass is 9.89. The van der Waals surface area contributed by atoms with Gasteiger partial charge in [0.15, 0.2) is 0 Å². The molecule has 1 unspecified atom stereocenters. The highest BCUT2D eigenvalue weighted by Crippen LogP contribution is 2.22. The predicted molar refractivity (Wildman–Crippen MR) is 50.2 cm³/mol. The second-order valence-corrected chi connectivity index (χ2v) is 3.82. The van der Waals surface area contributed by atoms with Crippen molar-refractivity contribution in [3.63, 3.8) is 0 Å². The minimum atomic E-state index is -1.05. The number of carboxylic acids is 1. The first-order valence-corrected chi connectivity index (χ1v) is 4.75. The van der Waals surface area contributed by atoms with Gasteiger partial charge in [-0.05, 0) is 30.7 Å². The molecule has 2 rings (SSSR count). The molecule has 0 bridgehead atoms. The Morgan fingerprint density at radius 3 is 3.14 bits per heavy atom. The van der Waals surface area contributed by atoms with Crippen LogP contribution in [0.2, 0.25) is 0 Å². The van der Waals surface area contributed by atoms with Crippen LogP contribution in [0.1, 0.15) is 35.2 Å². The number of nitrogens with zero attached hydrogens (tertiary/aromatic N) is 2. The fourth-order valence-corrected chi connectivity index (χ4v) is 1.79. The standard InChI is InChI=1S/C10H12N2O2/c1-6-2-3-8-7(4-6)5-11-9(12-8)10(13)14/h5-6H,2-4H2,1H3,(H,13,14). The van der Waals surface area contributed by atoms with Gasteiger partial charge < -0.3 is 5.11 Å². The van der Waals surface area contributed by atoms with Crippen LogP contribution in [0.4, 0.5) is 0 Å². The molecule has 0 fully saturated rings. The van der Waals surface area contributed by atoms with Crippen molar-refractivity contribution in [1.29, 1.82) is 0 Å². The molecule has 0 spiro atoms. The number of aryl methyl sites for hydroxylation is 1. The van der Waals surface area contributed by atoms with E-state index in [1.54, 1.807) is 6.20 Å². The maximum atomic E-state index is 10.6. The molecule has 1 atom stereocenters. The average Bonchev–Trinajstić information content (AvgIpc) is 2.16. The molecule has 1 aromatic heterocycles. The fourth-order valence-electron chi connectivity index (χ4n) is 1.79.